The van der Waals surface area contributed by atoms with Gasteiger partial charge in [-0.3, -0.25) is 0 Å². The van der Waals surface area contributed by atoms with E-state index in [-0.39, 0.29) is 0 Å². The number of nitrogens with zero attached hydrogens (tertiary/aromatic N) is 2. The van der Waals surface area contributed by atoms with Gasteiger partial charge in [-0.15, -0.1) is 0 Å². The molecule has 0 unspecified atom stereocenters. The summed E-state index contributed by atoms with van der Waals surface area (Å²) in [6, 6.07) is 0. The first-order valence-corrected chi connectivity index (χ1v) is 3.22. The van der Waals surface area contributed by atoms with Crippen molar-refractivity contribution in [1.29, 1.82) is 0 Å². The Labute approximate surface area is 53.0 Å². The summed E-state index contributed by atoms with van der Waals surface area (Å²) in [7, 11) is -0.681. The van der Waals surface area contributed by atoms with Crippen LogP contribution >= 0.6 is 0 Å². The molecule has 0 aromatic heterocycles. The van der Waals surface area contributed by atoms with Crippen molar-refractivity contribution < 1.29 is 14.0 Å². The van der Waals surface area contributed by atoms with Crippen molar-refractivity contribution in [2.24, 2.45) is 9.32 Å². The van der Waals surface area contributed by atoms with Crippen LogP contribution in [0, 0.1) is 0 Å². The molecular formula is C3H3N2O3Si. The topological polar surface area (TPSA) is 68.1 Å². The molecule has 0 aliphatic rings. The fraction of sp³-hybridized carbons (Fsp3) is 0.333. The summed E-state index contributed by atoms with van der Waals surface area (Å²) in [5.41, 5.74) is 0. The lowest BCUT2D eigenvalue weighted by atomic mass is 11.7. The zero-order valence-electron chi connectivity index (χ0n) is 4.62. The molecule has 0 atom stereocenters. The first-order chi connectivity index (χ1) is 4.35. The van der Waals surface area contributed by atoms with E-state index in [1.807, 2.05) is 0 Å². The summed E-state index contributed by atoms with van der Waals surface area (Å²) in [4.78, 5) is 19.0. The lowest BCUT2D eigenvalue weighted by Gasteiger charge is -1.88. The Hall–Kier alpha value is -1.06. The highest BCUT2D eigenvalue weighted by molar-refractivity contribution is 6.49. The Balaban J connectivity index is 3.97. The molecule has 0 saturated heterocycles. The van der Waals surface area contributed by atoms with Gasteiger partial charge in [0.05, 0.1) is 0 Å². The van der Waals surface area contributed by atoms with Crippen LogP contribution < -0.4 is 0 Å². The van der Waals surface area contributed by atoms with Crippen molar-refractivity contribution in [3.05, 3.63) is 0 Å². The van der Waals surface area contributed by atoms with Crippen molar-refractivity contribution in [2.75, 3.05) is 7.11 Å². The molecule has 1 radical (unpaired) electrons. The first kappa shape index (κ1) is 7.94. The largest absolute Gasteiger partial charge is 0.543 e. The normalized spacial score (nSPS) is 7.78. The molecule has 0 fully saturated rings. The molecule has 0 aromatic rings. The Morgan fingerprint density at radius 2 is 1.78 bits per heavy atom. The van der Waals surface area contributed by atoms with Gasteiger partial charge in [0.1, 0.15) is 0 Å². The van der Waals surface area contributed by atoms with Crippen LogP contribution in [0.4, 0.5) is 0 Å². The van der Waals surface area contributed by atoms with Gasteiger partial charge in [-0.05, 0) is 0 Å². The monoisotopic (exact) mass is 143 g/mol. The highest BCUT2D eigenvalue weighted by Gasteiger charge is 2.08. The maximum atomic E-state index is 9.51. The van der Waals surface area contributed by atoms with Crippen LogP contribution in [0.15, 0.2) is 9.32 Å². The van der Waals surface area contributed by atoms with Crippen molar-refractivity contribution in [1.82, 2.24) is 0 Å². The maximum Gasteiger partial charge on any atom is 0.543 e. The maximum absolute atomic E-state index is 9.51. The minimum atomic E-state index is -1.98. The van der Waals surface area contributed by atoms with Crippen molar-refractivity contribution >= 4 is 21.5 Å². The summed E-state index contributed by atoms with van der Waals surface area (Å²) in [6.07, 6.45) is 2.45. The van der Waals surface area contributed by atoms with E-state index in [2.05, 4.69) is 13.7 Å². The average molecular weight is 143 g/mol. The van der Waals surface area contributed by atoms with Gasteiger partial charge in [0.25, 0.3) is 0 Å². The predicted octanol–water partition coefficient (Wildman–Crippen LogP) is -0.711. The van der Waals surface area contributed by atoms with Crippen LogP contribution in [0.25, 0.3) is 0 Å². The molecule has 0 aliphatic heterocycles. The fourth-order valence-corrected chi connectivity index (χ4v) is 0.583. The minimum absolute atomic E-state index is 1.23. The molecule has 0 rings (SSSR count). The van der Waals surface area contributed by atoms with Crippen molar-refractivity contribution in [2.45, 2.75) is 0 Å². The third-order valence-electron chi connectivity index (χ3n) is 0.465. The Morgan fingerprint density at radius 1 is 1.33 bits per heavy atom. The van der Waals surface area contributed by atoms with Crippen molar-refractivity contribution in [3.63, 3.8) is 0 Å². The standard InChI is InChI=1S/C3H3N2O3Si/c1-8-9(4-2-6)5-3-7/h1H3. The number of hydrogen-bond acceptors (Lipinski definition) is 5. The molecular weight excluding hydrogens is 140 g/mol. The molecule has 0 amide bonds. The summed E-state index contributed by atoms with van der Waals surface area (Å²) in [6.45, 7) is 0. The highest BCUT2D eigenvalue weighted by atomic mass is 28.3. The molecule has 0 heterocycles. The second kappa shape index (κ2) is 5.08. The second-order valence-corrected chi connectivity index (χ2v) is 2.31. The molecule has 0 aliphatic carbocycles. The van der Waals surface area contributed by atoms with E-state index < -0.39 is 9.36 Å². The van der Waals surface area contributed by atoms with Crippen LogP contribution in [0.5, 0.6) is 0 Å². The predicted molar refractivity (Wildman–Crippen MR) is 29.0 cm³/mol. The van der Waals surface area contributed by atoms with Crippen LogP contribution in [0.1, 0.15) is 0 Å². The van der Waals surface area contributed by atoms with Gasteiger partial charge in [-0.1, -0.05) is 0 Å². The molecule has 9 heavy (non-hydrogen) atoms. The van der Waals surface area contributed by atoms with E-state index in [1.54, 1.807) is 0 Å². The van der Waals surface area contributed by atoms with E-state index >= 15 is 0 Å². The lowest BCUT2D eigenvalue weighted by molar-refractivity contribution is 0.421. The van der Waals surface area contributed by atoms with Gasteiger partial charge in [-0.2, -0.15) is 9.32 Å². The van der Waals surface area contributed by atoms with Crippen LogP contribution in [-0.2, 0) is 14.0 Å². The smallest absolute Gasteiger partial charge is 0.382 e. The Morgan fingerprint density at radius 3 is 2.00 bits per heavy atom. The Kier molecular flexibility index (Phi) is 4.48. The molecule has 6 heteroatoms. The second-order valence-electron chi connectivity index (χ2n) is 0.893. The SMILES string of the molecule is CO[Si](N=C=O)N=C=O. The summed E-state index contributed by atoms with van der Waals surface area (Å²) >= 11 is 0. The van der Waals surface area contributed by atoms with Crippen molar-refractivity contribution in [3.8, 4) is 0 Å². The fourth-order valence-electron chi connectivity index (χ4n) is 0.194. The van der Waals surface area contributed by atoms with Crippen LogP contribution in [0.2, 0.25) is 0 Å². The van der Waals surface area contributed by atoms with E-state index in [0.717, 1.165) is 0 Å². The summed E-state index contributed by atoms with van der Waals surface area (Å²) < 4.78 is 10.6. The number of isocyanates is 2. The van der Waals surface area contributed by atoms with E-state index in [0.29, 0.717) is 0 Å². The highest BCUT2D eigenvalue weighted by Crippen LogP contribution is 1.82. The van der Waals surface area contributed by atoms with Gasteiger partial charge in [0.15, 0.2) is 0 Å². The van der Waals surface area contributed by atoms with E-state index in [1.165, 1.54) is 19.3 Å². The van der Waals surface area contributed by atoms with E-state index in [9.17, 15) is 9.59 Å². The first-order valence-electron chi connectivity index (χ1n) is 1.92. The van der Waals surface area contributed by atoms with Crippen LogP contribution in [-0.4, -0.2) is 28.6 Å². The molecule has 0 saturated carbocycles. The third kappa shape index (κ3) is 3.51. The molecule has 0 aromatic carbocycles. The molecule has 0 bridgehead atoms. The average Bonchev–Trinajstić information content (AvgIpc) is 1.88. The third-order valence-corrected chi connectivity index (χ3v) is 1.40. The van der Waals surface area contributed by atoms with Crippen LogP contribution in [0.3, 0.4) is 0 Å². The van der Waals surface area contributed by atoms with Gasteiger partial charge >= 0.3 is 9.36 Å². The van der Waals surface area contributed by atoms with Gasteiger partial charge in [0, 0.05) is 7.11 Å². The molecule has 0 N–H and O–H groups in total. The lowest BCUT2D eigenvalue weighted by Crippen LogP contribution is -2.08. The van der Waals surface area contributed by atoms with Gasteiger partial charge in [0.2, 0.25) is 12.2 Å². The number of hydrogen-bond donors (Lipinski definition) is 0. The van der Waals surface area contributed by atoms with Gasteiger partial charge < -0.3 is 4.43 Å². The van der Waals surface area contributed by atoms with Gasteiger partial charge in [-0.25, -0.2) is 9.59 Å². The van der Waals surface area contributed by atoms with E-state index in [4.69, 9.17) is 0 Å². The summed E-state index contributed by atoms with van der Waals surface area (Å²) in [5, 5.41) is 0. The summed E-state index contributed by atoms with van der Waals surface area (Å²) in [5.74, 6) is 0. The Bertz CT molecular complexity index is 152. The quantitative estimate of drug-likeness (QED) is 0.297. The molecule has 47 valence electrons. The zero-order valence-corrected chi connectivity index (χ0v) is 5.62. The minimum Gasteiger partial charge on any atom is -0.382 e. The number of rotatable bonds is 3. The zero-order chi connectivity index (χ0) is 7.11. The molecule has 5 nitrogen and oxygen atoms in total. The molecule has 0 spiro atoms. The number of carbonyl (C=O) groups excluding carboxylic acids is 2.